The summed E-state index contributed by atoms with van der Waals surface area (Å²) in [5.74, 6) is 1.32. The second kappa shape index (κ2) is 12.1. The predicted octanol–water partition coefficient (Wildman–Crippen LogP) is 5.62. The van der Waals surface area contributed by atoms with Crippen molar-refractivity contribution in [1.82, 2.24) is 14.8 Å². The molecule has 2 heterocycles. The molecule has 1 aromatic carbocycles. The van der Waals surface area contributed by atoms with E-state index in [0.717, 1.165) is 29.7 Å². The van der Waals surface area contributed by atoms with Crippen molar-refractivity contribution >= 4 is 51.6 Å². The maximum atomic E-state index is 12.9. The van der Waals surface area contributed by atoms with Gasteiger partial charge in [0.25, 0.3) is 0 Å². The van der Waals surface area contributed by atoms with E-state index in [1.165, 1.54) is 23.1 Å². The quantitative estimate of drug-likeness (QED) is 0.259. The highest BCUT2D eigenvalue weighted by atomic mass is 35.5. The van der Waals surface area contributed by atoms with Crippen molar-refractivity contribution in [2.75, 3.05) is 17.7 Å². The van der Waals surface area contributed by atoms with Gasteiger partial charge in [0.05, 0.1) is 22.9 Å². The number of hydrogen-bond acceptors (Lipinski definition) is 8. The summed E-state index contributed by atoms with van der Waals surface area (Å²) in [7, 11) is 0. The van der Waals surface area contributed by atoms with Crippen LogP contribution in [0.2, 0.25) is 5.02 Å². The highest BCUT2D eigenvalue weighted by Crippen LogP contribution is 2.40. The highest BCUT2D eigenvalue weighted by molar-refractivity contribution is 7.99. The molecule has 0 spiro atoms. The Morgan fingerprint density at radius 1 is 1.28 bits per heavy atom. The Kier molecular flexibility index (Phi) is 8.92. The first kappa shape index (κ1) is 26.5. The van der Waals surface area contributed by atoms with Gasteiger partial charge < -0.3 is 19.4 Å². The summed E-state index contributed by atoms with van der Waals surface area (Å²) in [5.41, 5.74) is 1.53. The van der Waals surface area contributed by atoms with Crippen LogP contribution in [0.25, 0.3) is 0 Å². The Hall–Kier alpha value is -2.56. The number of aromatic nitrogens is 3. The first-order valence-corrected chi connectivity index (χ1v) is 14.1. The van der Waals surface area contributed by atoms with E-state index in [9.17, 15) is 9.59 Å². The number of carbonyl (C=O) groups is 2. The van der Waals surface area contributed by atoms with Gasteiger partial charge in [-0.2, -0.15) is 0 Å². The molecule has 2 aromatic heterocycles. The SMILES string of the molecule is CCOC(=O)c1c(NC(=O)CSc2nnc(COc3ccccc3Cl)n2CC)sc2c1CCC(C)C2. The number of rotatable bonds is 10. The van der Waals surface area contributed by atoms with E-state index in [1.807, 2.05) is 23.6 Å². The molecule has 8 nitrogen and oxygen atoms in total. The van der Waals surface area contributed by atoms with Crippen LogP contribution in [0.5, 0.6) is 5.75 Å². The van der Waals surface area contributed by atoms with Gasteiger partial charge >= 0.3 is 5.97 Å². The number of amides is 1. The monoisotopic (exact) mass is 548 g/mol. The van der Waals surface area contributed by atoms with Gasteiger partial charge in [0.15, 0.2) is 11.0 Å². The van der Waals surface area contributed by atoms with E-state index in [2.05, 4.69) is 22.4 Å². The summed E-state index contributed by atoms with van der Waals surface area (Å²) in [4.78, 5) is 26.7. The third-order valence-electron chi connectivity index (χ3n) is 5.88. The molecule has 0 saturated heterocycles. The standard InChI is InChI=1S/C25H29ClN4O4S2/c1-4-30-20(13-34-18-9-7-6-8-17(18)26)28-29-25(30)35-14-21(31)27-23-22(24(32)33-5-2)16-11-10-15(3)12-19(16)36-23/h6-9,15H,4-5,10-14H2,1-3H3,(H,27,31). The van der Waals surface area contributed by atoms with Crippen molar-refractivity contribution in [2.24, 2.45) is 5.92 Å². The Bertz CT molecular complexity index is 1240. The Balaban J connectivity index is 1.42. The lowest BCUT2D eigenvalue weighted by Crippen LogP contribution is -2.18. The largest absolute Gasteiger partial charge is 0.484 e. The van der Waals surface area contributed by atoms with Crippen LogP contribution in [-0.2, 0) is 35.5 Å². The molecule has 1 N–H and O–H groups in total. The number of hydrogen-bond donors (Lipinski definition) is 1. The molecule has 4 rings (SSSR count). The third kappa shape index (κ3) is 6.04. The second-order valence-electron chi connectivity index (χ2n) is 8.48. The molecule has 1 aliphatic carbocycles. The fourth-order valence-electron chi connectivity index (χ4n) is 4.11. The summed E-state index contributed by atoms with van der Waals surface area (Å²) in [5, 5.41) is 13.1. The van der Waals surface area contributed by atoms with Crippen molar-refractivity contribution in [3.8, 4) is 5.75 Å². The number of benzene rings is 1. The summed E-state index contributed by atoms with van der Waals surface area (Å²) in [6.07, 6.45) is 2.76. The van der Waals surface area contributed by atoms with Gasteiger partial charge in [-0.05, 0) is 56.7 Å². The zero-order valence-electron chi connectivity index (χ0n) is 20.5. The number of thiophene rings is 1. The maximum absolute atomic E-state index is 12.9. The van der Waals surface area contributed by atoms with E-state index in [0.29, 0.717) is 44.8 Å². The number of thioether (sulfide) groups is 1. The zero-order valence-corrected chi connectivity index (χ0v) is 22.9. The molecule has 0 saturated carbocycles. The van der Waals surface area contributed by atoms with Gasteiger partial charge in [-0.25, -0.2) is 4.79 Å². The van der Waals surface area contributed by atoms with Crippen LogP contribution in [0.15, 0.2) is 29.4 Å². The topological polar surface area (TPSA) is 95.3 Å². The molecule has 1 amide bonds. The van der Waals surface area contributed by atoms with E-state index >= 15 is 0 Å². The minimum absolute atomic E-state index is 0.130. The van der Waals surface area contributed by atoms with E-state index in [1.54, 1.807) is 19.1 Å². The number of esters is 1. The molecule has 11 heteroatoms. The van der Waals surface area contributed by atoms with Gasteiger partial charge in [-0.3, -0.25) is 4.79 Å². The minimum atomic E-state index is -0.374. The Morgan fingerprint density at radius 3 is 2.83 bits per heavy atom. The molecule has 1 aliphatic rings. The number of halogens is 1. The Morgan fingerprint density at radius 2 is 2.08 bits per heavy atom. The molecular weight excluding hydrogens is 520 g/mol. The molecule has 3 aromatic rings. The van der Waals surface area contributed by atoms with Crippen molar-refractivity contribution < 1.29 is 19.1 Å². The number of nitrogens with one attached hydrogen (secondary N) is 1. The fraction of sp³-hybridized carbons (Fsp3) is 0.440. The number of fused-ring (bicyclic) bond motifs is 1. The second-order valence-corrected chi connectivity index (χ2v) is 10.9. The van der Waals surface area contributed by atoms with Crippen LogP contribution in [-0.4, -0.2) is 39.0 Å². The van der Waals surface area contributed by atoms with E-state index in [4.69, 9.17) is 21.1 Å². The average molecular weight is 549 g/mol. The molecule has 192 valence electrons. The number of ether oxygens (including phenoxy) is 2. The Labute approximate surface area is 223 Å². The lowest BCUT2D eigenvalue weighted by atomic mass is 9.88. The summed E-state index contributed by atoms with van der Waals surface area (Å²) >= 11 is 8.94. The number of para-hydroxylation sites is 1. The van der Waals surface area contributed by atoms with Crippen LogP contribution in [0, 0.1) is 5.92 Å². The lowest BCUT2D eigenvalue weighted by molar-refractivity contribution is -0.113. The molecule has 36 heavy (non-hydrogen) atoms. The van der Waals surface area contributed by atoms with Gasteiger partial charge in [0.2, 0.25) is 5.91 Å². The van der Waals surface area contributed by atoms with Gasteiger partial charge in [0, 0.05) is 11.4 Å². The zero-order chi connectivity index (χ0) is 25.7. The van der Waals surface area contributed by atoms with Crippen molar-refractivity contribution in [3.05, 3.63) is 51.1 Å². The predicted molar refractivity (Wildman–Crippen MR) is 142 cm³/mol. The molecule has 1 unspecified atom stereocenters. The first-order valence-electron chi connectivity index (χ1n) is 11.9. The van der Waals surface area contributed by atoms with E-state index < -0.39 is 0 Å². The summed E-state index contributed by atoms with van der Waals surface area (Å²) in [6.45, 7) is 7.10. The lowest BCUT2D eigenvalue weighted by Gasteiger charge is -2.18. The molecule has 0 bridgehead atoms. The fourth-order valence-corrected chi connectivity index (χ4v) is 6.53. The van der Waals surface area contributed by atoms with Crippen molar-refractivity contribution in [2.45, 2.75) is 58.3 Å². The van der Waals surface area contributed by atoms with Crippen molar-refractivity contribution in [1.29, 1.82) is 0 Å². The van der Waals surface area contributed by atoms with Crippen LogP contribution < -0.4 is 10.1 Å². The first-order chi connectivity index (χ1) is 17.4. The molecule has 0 fully saturated rings. The smallest absolute Gasteiger partial charge is 0.341 e. The van der Waals surface area contributed by atoms with E-state index in [-0.39, 0.29) is 30.8 Å². The number of carbonyl (C=O) groups excluding carboxylic acids is 2. The third-order valence-corrected chi connectivity index (χ3v) is 8.33. The molecular formula is C25H29ClN4O4S2. The van der Waals surface area contributed by atoms with Gasteiger partial charge in [-0.15, -0.1) is 21.5 Å². The summed E-state index contributed by atoms with van der Waals surface area (Å²) in [6, 6.07) is 7.25. The molecule has 0 radical (unpaired) electrons. The highest BCUT2D eigenvalue weighted by Gasteiger charge is 2.29. The normalized spacial score (nSPS) is 14.8. The van der Waals surface area contributed by atoms with Gasteiger partial charge in [0.1, 0.15) is 17.4 Å². The number of nitrogens with zero attached hydrogens (tertiary/aromatic N) is 3. The number of anilines is 1. The molecule has 1 atom stereocenters. The van der Waals surface area contributed by atoms with Crippen LogP contribution in [0.1, 0.15) is 53.8 Å². The maximum Gasteiger partial charge on any atom is 0.341 e. The van der Waals surface area contributed by atoms with Crippen LogP contribution in [0.4, 0.5) is 5.00 Å². The van der Waals surface area contributed by atoms with Crippen molar-refractivity contribution in [3.63, 3.8) is 0 Å². The minimum Gasteiger partial charge on any atom is -0.484 e. The average Bonchev–Trinajstić information content (AvgIpc) is 3.42. The molecule has 0 aliphatic heterocycles. The summed E-state index contributed by atoms with van der Waals surface area (Å²) < 4.78 is 13.0. The van der Waals surface area contributed by atoms with Gasteiger partial charge in [-0.1, -0.05) is 42.4 Å². The van der Waals surface area contributed by atoms with Crippen LogP contribution >= 0.6 is 34.7 Å². The van der Waals surface area contributed by atoms with Crippen LogP contribution in [0.3, 0.4) is 0 Å².